The predicted octanol–water partition coefficient (Wildman–Crippen LogP) is 1.75. The predicted molar refractivity (Wildman–Crippen MR) is 76.1 cm³/mol. The minimum atomic E-state index is 0.326. The fourth-order valence-corrected chi connectivity index (χ4v) is 3.12. The summed E-state index contributed by atoms with van der Waals surface area (Å²) in [6.45, 7) is 9.14. The summed E-state index contributed by atoms with van der Waals surface area (Å²) in [4.78, 5) is 16.2. The van der Waals surface area contributed by atoms with E-state index in [1.807, 2.05) is 11.8 Å². The number of amides is 1. The minimum Gasteiger partial charge on any atom is -0.379 e. The van der Waals surface area contributed by atoms with Gasteiger partial charge in [-0.25, -0.2) is 0 Å². The topological polar surface area (TPSA) is 32.8 Å². The van der Waals surface area contributed by atoms with E-state index in [0.29, 0.717) is 12.3 Å². The van der Waals surface area contributed by atoms with Gasteiger partial charge in [0.1, 0.15) is 0 Å². The van der Waals surface area contributed by atoms with Gasteiger partial charge in [-0.1, -0.05) is 6.92 Å². The molecule has 110 valence electrons. The number of ether oxygens (including phenoxy) is 1. The molecular weight excluding hydrogens is 240 g/mol. The van der Waals surface area contributed by atoms with E-state index in [1.165, 1.54) is 32.2 Å². The monoisotopic (exact) mass is 268 g/mol. The second-order valence-electron chi connectivity index (χ2n) is 5.77. The molecule has 0 unspecified atom stereocenters. The lowest BCUT2D eigenvalue weighted by Crippen LogP contribution is -2.39. The molecule has 0 radical (unpaired) electrons. The molecule has 0 bridgehead atoms. The number of likely N-dealkylation sites (tertiary alicyclic amines) is 1. The van der Waals surface area contributed by atoms with E-state index in [2.05, 4.69) is 4.90 Å². The van der Waals surface area contributed by atoms with E-state index in [9.17, 15) is 4.79 Å². The Balaban J connectivity index is 1.56. The molecule has 2 aliphatic rings. The third-order valence-corrected chi connectivity index (χ3v) is 4.46. The first kappa shape index (κ1) is 14.8. The van der Waals surface area contributed by atoms with Crippen molar-refractivity contribution >= 4 is 5.91 Å². The van der Waals surface area contributed by atoms with Crippen molar-refractivity contribution in [1.82, 2.24) is 9.80 Å². The molecule has 0 N–H and O–H groups in total. The molecule has 2 aliphatic heterocycles. The first-order valence-corrected chi connectivity index (χ1v) is 7.87. The van der Waals surface area contributed by atoms with Gasteiger partial charge in [0.05, 0.1) is 13.2 Å². The van der Waals surface area contributed by atoms with Gasteiger partial charge < -0.3 is 9.64 Å². The zero-order chi connectivity index (χ0) is 13.5. The van der Waals surface area contributed by atoms with Crippen LogP contribution in [-0.2, 0) is 9.53 Å². The molecule has 2 rings (SSSR count). The van der Waals surface area contributed by atoms with Crippen LogP contribution in [0.15, 0.2) is 0 Å². The van der Waals surface area contributed by atoms with Crippen molar-refractivity contribution in [3.05, 3.63) is 0 Å². The van der Waals surface area contributed by atoms with E-state index in [1.54, 1.807) is 0 Å². The average Bonchev–Trinajstić information content (AvgIpc) is 2.48. The summed E-state index contributed by atoms with van der Waals surface area (Å²) < 4.78 is 5.36. The number of piperidine rings is 1. The maximum absolute atomic E-state index is 11.6. The molecule has 4 nitrogen and oxygen atoms in total. The molecule has 0 aliphatic carbocycles. The summed E-state index contributed by atoms with van der Waals surface area (Å²) in [5, 5.41) is 0. The number of rotatable bonds is 5. The van der Waals surface area contributed by atoms with Gasteiger partial charge in [0.2, 0.25) is 5.91 Å². The Labute approximate surface area is 117 Å². The normalized spacial score (nSPS) is 22.7. The molecule has 1 amide bonds. The number of morpholine rings is 1. The van der Waals surface area contributed by atoms with Crippen molar-refractivity contribution in [2.45, 2.75) is 39.0 Å². The van der Waals surface area contributed by atoms with Crippen LogP contribution in [0.4, 0.5) is 0 Å². The van der Waals surface area contributed by atoms with E-state index in [4.69, 9.17) is 4.74 Å². The number of hydrogen-bond donors (Lipinski definition) is 0. The van der Waals surface area contributed by atoms with Crippen LogP contribution in [-0.4, -0.2) is 61.6 Å². The Morgan fingerprint density at radius 3 is 2.47 bits per heavy atom. The molecule has 0 aromatic carbocycles. The molecule has 2 saturated heterocycles. The first-order chi connectivity index (χ1) is 9.29. The molecule has 2 heterocycles. The van der Waals surface area contributed by atoms with Gasteiger partial charge in [-0.2, -0.15) is 0 Å². The number of carbonyl (C=O) groups is 1. The summed E-state index contributed by atoms with van der Waals surface area (Å²) >= 11 is 0. The summed E-state index contributed by atoms with van der Waals surface area (Å²) in [5.74, 6) is 1.16. The van der Waals surface area contributed by atoms with Crippen LogP contribution in [0, 0.1) is 5.92 Å². The molecular formula is C15H28N2O2. The Kier molecular flexibility index (Phi) is 6.11. The second kappa shape index (κ2) is 7.85. The van der Waals surface area contributed by atoms with E-state index >= 15 is 0 Å². The van der Waals surface area contributed by atoms with Crippen molar-refractivity contribution in [1.29, 1.82) is 0 Å². The van der Waals surface area contributed by atoms with E-state index in [-0.39, 0.29) is 0 Å². The van der Waals surface area contributed by atoms with Crippen LogP contribution in [0.2, 0.25) is 0 Å². The highest BCUT2D eigenvalue weighted by atomic mass is 16.5. The van der Waals surface area contributed by atoms with Gasteiger partial charge in [0, 0.05) is 32.6 Å². The molecule has 2 fully saturated rings. The maximum Gasteiger partial charge on any atom is 0.222 e. The SMILES string of the molecule is CCC(=O)N1CCC(CCCN2CCOCC2)CC1. The largest absolute Gasteiger partial charge is 0.379 e. The standard InChI is InChI=1S/C15H28N2O2/c1-2-15(18)17-8-5-14(6-9-17)4-3-7-16-10-12-19-13-11-16/h14H,2-13H2,1H3. The second-order valence-corrected chi connectivity index (χ2v) is 5.77. The van der Waals surface area contributed by atoms with Crippen LogP contribution < -0.4 is 0 Å². The van der Waals surface area contributed by atoms with Gasteiger partial charge in [-0.15, -0.1) is 0 Å². The molecule has 19 heavy (non-hydrogen) atoms. The first-order valence-electron chi connectivity index (χ1n) is 7.87. The molecule has 0 aromatic rings. The van der Waals surface area contributed by atoms with Gasteiger partial charge in [-0.05, 0) is 38.1 Å². The van der Waals surface area contributed by atoms with Crippen molar-refractivity contribution in [2.24, 2.45) is 5.92 Å². The highest BCUT2D eigenvalue weighted by molar-refractivity contribution is 5.75. The Morgan fingerprint density at radius 2 is 1.84 bits per heavy atom. The Morgan fingerprint density at radius 1 is 1.16 bits per heavy atom. The lowest BCUT2D eigenvalue weighted by Gasteiger charge is -2.32. The minimum absolute atomic E-state index is 0.326. The van der Waals surface area contributed by atoms with Crippen LogP contribution in [0.5, 0.6) is 0 Å². The zero-order valence-corrected chi connectivity index (χ0v) is 12.3. The van der Waals surface area contributed by atoms with Crippen molar-refractivity contribution in [2.75, 3.05) is 45.9 Å². The van der Waals surface area contributed by atoms with Crippen LogP contribution >= 0.6 is 0 Å². The smallest absolute Gasteiger partial charge is 0.222 e. The van der Waals surface area contributed by atoms with Crippen molar-refractivity contribution in [3.63, 3.8) is 0 Å². The maximum atomic E-state index is 11.6. The number of nitrogens with zero attached hydrogens (tertiary/aromatic N) is 2. The van der Waals surface area contributed by atoms with Gasteiger partial charge in [0.25, 0.3) is 0 Å². The van der Waals surface area contributed by atoms with Crippen LogP contribution in [0.3, 0.4) is 0 Å². The van der Waals surface area contributed by atoms with E-state index in [0.717, 1.165) is 45.3 Å². The molecule has 4 heteroatoms. The highest BCUT2D eigenvalue weighted by Gasteiger charge is 2.21. The fourth-order valence-electron chi connectivity index (χ4n) is 3.12. The lowest BCUT2D eigenvalue weighted by atomic mass is 9.92. The van der Waals surface area contributed by atoms with Gasteiger partial charge in [0.15, 0.2) is 0 Å². The van der Waals surface area contributed by atoms with Crippen molar-refractivity contribution in [3.8, 4) is 0 Å². The zero-order valence-electron chi connectivity index (χ0n) is 12.3. The molecule has 0 spiro atoms. The van der Waals surface area contributed by atoms with Gasteiger partial charge in [-0.3, -0.25) is 9.69 Å². The molecule has 0 atom stereocenters. The van der Waals surface area contributed by atoms with Crippen LogP contribution in [0.1, 0.15) is 39.0 Å². The average molecular weight is 268 g/mol. The van der Waals surface area contributed by atoms with Crippen LogP contribution in [0.25, 0.3) is 0 Å². The van der Waals surface area contributed by atoms with Gasteiger partial charge >= 0.3 is 0 Å². The molecule has 0 aromatic heterocycles. The summed E-state index contributed by atoms with van der Waals surface area (Å²) in [6.07, 6.45) is 5.68. The quantitative estimate of drug-likeness (QED) is 0.761. The summed E-state index contributed by atoms with van der Waals surface area (Å²) in [5.41, 5.74) is 0. The third-order valence-electron chi connectivity index (χ3n) is 4.46. The Hall–Kier alpha value is -0.610. The summed E-state index contributed by atoms with van der Waals surface area (Å²) in [6, 6.07) is 0. The Bertz CT molecular complexity index is 269. The number of hydrogen-bond acceptors (Lipinski definition) is 3. The highest BCUT2D eigenvalue weighted by Crippen LogP contribution is 2.22. The molecule has 0 saturated carbocycles. The number of carbonyl (C=O) groups excluding carboxylic acids is 1. The van der Waals surface area contributed by atoms with E-state index < -0.39 is 0 Å². The summed E-state index contributed by atoms with van der Waals surface area (Å²) in [7, 11) is 0. The lowest BCUT2D eigenvalue weighted by molar-refractivity contribution is -0.132. The fraction of sp³-hybridized carbons (Fsp3) is 0.933. The van der Waals surface area contributed by atoms with Crippen molar-refractivity contribution < 1.29 is 9.53 Å². The third kappa shape index (κ3) is 4.77.